The predicted octanol–water partition coefficient (Wildman–Crippen LogP) is 6.96. The highest BCUT2D eigenvalue weighted by atomic mass is 19.4. The van der Waals surface area contributed by atoms with Crippen LogP contribution in [0.25, 0.3) is 22.6 Å². The molecular weight excluding hydrogens is 595 g/mol. The molecule has 0 N–H and O–H groups in total. The van der Waals surface area contributed by atoms with Crippen molar-refractivity contribution in [2.24, 2.45) is 5.41 Å². The first-order chi connectivity index (χ1) is 21.7. The monoisotopic (exact) mass is 625 g/mol. The Morgan fingerprint density at radius 2 is 1.76 bits per heavy atom. The van der Waals surface area contributed by atoms with E-state index in [1.165, 1.54) is 25.3 Å². The minimum absolute atomic E-state index is 0.139. The molecule has 0 atom stereocenters. The fourth-order valence-corrected chi connectivity index (χ4v) is 6.21. The van der Waals surface area contributed by atoms with Crippen molar-refractivity contribution in [3.05, 3.63) is 71.3 Å². The van der Waals surface area contributed by atoms with E-state index in [0.717, 1.165) is 25.7 Å². The van der Waals surface area contributed by atoms with Crippen LogP contribution >= 0.6 is 0 Å². The molecule has 0 spiro atoms. The fraction of sp³-hybridized carbons (Fsp3) is 0.438. The van der Waals surface area contributed by atoms with Crippen molar-refractivity contribution in [1.29, 1.82) is 0 Å². The lowest BCUT2D eigenvalue weighted by molar-refractivity contribution is -0.274. The number of hydrogen-bond acceptors (Lipinski definition) is 10. The van der Waals surface area contributed by atoms with E-state index < -0.39 is 17.9 Å². The molecule has 2 aliphatic heterocycles. The third-order valence-electron chi connectivity index (χ3n) is 8.94. The van der Waals surface area contributed by atoms with Crippen LogP contribution in [0.3, 0.4) is 0 Å². The number of carbonyl (C=O) groups excluding carboxylic acids is 1. The zero-order valence-corrected chi connectivity index (χ0v) is 24.4. The zero-order valence-electron chi connectivity index (χ0n) is 24.4. The Morgan fingerprint density at radius 3 is 2.42 bits per heavy atom. The maximum absolute atomic E-state index is 13.1. The smallest absolute Gasteiger partial charge is 0.465 e. The number of methoxy groups -OCH3 is 1. The number of para-hydroxylation sites is 1. The van der Waals surface area contributed by atoms with Gasteiger partial charge in [-0.25, -0.2) is 4.79 Å². The molecule has 4 heterocycles. The molecule has 4 fully saturated rings. The van der Waals surface area contributed by atoms with Crippen LogP contribution in [0.1, 0.15) is 72.0 Å². The van der Waals surface area contributed by atoms with Crippen LogP contribution in [0.5, 0.6) is 5.75 Å². The molecular formula is C32H30F3N3O7. The molecule has 0 amide bonds. The summed E-state index contributed by atoms with van der Waals surface area (Å²) in [6.45, 7) is 0.979. The van der Waals surface area contributed by atoms with Crippen LogP contribution in [0.2, 0.25) is 0 Å². The Kier molecular flexibility index (Phi) is 7.40. The van der Waals surface area contributed by atoms with Gasteiger partial charge in [0.2, 0.25) is 5.82 Å². The highest BCUT2D eigenvalue weighted by Crippen LogP contribution is 2.54. The molecule has 8 rings (SSSR count). The summed E-state index contributed by atoms with van der Waals surface area (Å²) in [7, 11) is 1.33. The SMILES string of the molecule is COC(=O)c1ccc(-c2noc(C34CCC(COCc5c(-c6ccccc6OC(F)(F)F)noc5C5CC5)(CC3)CO4)n2)cc1. The number of fused-ring (bicyclic) bond motifs is 3. The van der Waals surface area contributed by atoms with Crippen LogP contribution in [0, 0.1) is 5.41 Å². The van der Waals surface area contributed by atoms with Crippen LogP contribution in [0.15, 0.2) is 57.6 Å². The van der Waals surface area contributed by atoms with E-state index in [2.05, 4.69) is 20.0 Å². The van der Waals surface area contributed by atoms with Crippen LogP contribution in [-0.4, -0.2) is 48.0 Å². The van der Waals surface area contributed by atoms with Gasteiger partial charge < -0.3 is 28.0 Å². The summed E-state index contributed by atoms with van der Waals surface area (Å²) in [5, 5.41) is 8.32. The molecule has 2 bridgehead atoms. The van der Waals surface area contributed by atoms with Crippen molar-refractivity contribution in [1.82, 2.24) is 15.3 Å². The highest BCUT2D eigenvalue weighted by molar-refractivity contribution is 5.89. The third kappa shape index (κ3) is 5.82. The number of halogens is 3. The summed E-state index contributed by atoms with van der Waals surface area (Å²) in [5.41, 5.74) is 1.37. The summed E-state index contributed by atoms with van der Waals surface area (Å²) >= 11 is 0. The largest absolute Gasteiger partial charge is 0.573 e. The van der Waals surface area contributed by atoms with Crippen molar-refractivity contribution in [3.8, 4) is 28.4 Å². The summed E-state index contributed by atoms with van der Waals surface area (Å²) in [4.78, 5) is 16.4. The van der Waals surface area contributed by atoms with Crippen molar-refractivity contribution in [2.75, 3.05) is 20.3 Å². The number of benzene rings is 2. The van der Waals surface area contributed by atoms with Gasteiger partial charge in [-0.1, -0.05) is 34.6 Å². The number of esters is 1. The van der Waals surface area contributed by atoms with Crippen molar-refractivity contribution in [3.63, 3.8) is 0 Å². The highest BCUT2D eigenvalue weighted by Gasteiger charge is 2.54. The first-order valence-electron chi connectivity index (χ1n) is 14.8. The molecule has 10 nitrogen and oxygen atoms in total. The first kappa shape index (κ1) is 29.5. The lowest BCUT2D eigenvalue weighted by Crippen LogP contribution is -2.51. The second-order valence-electron chi connectivity index (χ2n) is 12.0. The number of hydrogen-bond donors (Lipinski definition) is 0. The van der Waals surface area contributed by atoms with Gasteiger partial charge in [-0.2, -0.15) is 4.98 Å². The number of alkyl halides is 3. The number of ether oxygens (including phenoxy) is 4. The molecule has 45 heavy (non-hydrogen) atoms. The van der Waals surface area contributed by atoms with Gasteiger partial charge in [0.1, 0.15) is 22.8 Å². The Hall–Kier alpha value is -4.23. The van der Waals surface area contributed by atoms with Crippen LogP contribution in [-0.2, 0) is 26.4 Å². The van der Waals surface area contributed by atoms with Crippen molar-refractivity contribution in [2.45, 2.75) is 63.0 Å². The number of nitrogens with zero attached hydrogens (tertiary/aromatic N) is 3. The predicted molar refractivity (Wildman–Crippen MR) is 150 cm³/mol. The second kappa shape index (κ2) is 11.3. The molecule has 2 saturated carbocycles. The van der Waals surface area contributed by atoms with Gasteiger partial charge in [0.05, 0.1) is 32.5 Å². The molecule has 4 aromatic rings. The Bertz CT molecular complexity index is 1670. The minimum Gasteiger partial charge on any atom is -0.465 e. The standard InChI is InChI=1S/C32H30F3N3O7/c1-40-28(39)21-10-8-20(9-11-21)27-36-29(45-38-27)31-14-12-30(13-15-31,18-42-31)17-41-16-23-25(37-44-26(23)19-6-7-19)22-4-2-3-5-24(22)43-32(33,34)35/h2-5,8-11,19H,6-7,12-18H2,1H3. The Labute approximate surface area is 255 Å². The molecule has 0 unspecified atom stereocenters. The van der Waals surface area contributed by atoms with E-state index in [9.17, 15) is 18.0 Å². The van der Waals surface area contributed by atoms with E-state index >= 15 is 0 Å². The van der Waals surface area contributed by atoms with Gasteiger partial charge in [-0.05, 0) is 62.8 Å². The van der Waals surface area contributed by atoms with Crippen LogP contribution < -0.4 is 4.74 Å². The van der Waals surface area contributed by atoms with Gasteiger partial charge in [-0.15, -0.1) is 13.2 Å². The van der Waals surface area contributed by atoms with Gasteiger partial charge >= 0.3 is 12.3 Å². The van der Waals surface area contributed by atoms with Gasteiger partial charge in [0.15, 0.2) is 0 Å². The zero-order chi connectivity index (χ0) is 31.2. The van der Waals surface area contributed by atoms with Gasteiger partial charge in [0.25, 0.3) is 5.89 Å². The maximum Gasteiger partial charge on any atom is 0.573 e. The normalized spacial score (nSPS) is 22.8. The average molecular weight is 626 g/mol. The minimum atomic E-state index is -4.84. The summed E-state index contributed by atoms with van der Waals surface area (Å²) in [6, 6.07) is 12.7. The molecule has 2 saturated heterocycles. The van der Waals surface area contributed by atoms with Gasteiger partial charge in [0, 0.05) is 28.0 Å². The van der Waals surface area contributed by atoms with E-state index in [-0.39, 0.29) is 29.3 Å². The van der Waals surface area contributed by atoms with Crippen molar-refractivity contribution < 1.29 is 46.0 Å². The molecule has 0 radical (unpaired) electrons. The van der Waals surface area contributed by atoms with Crippen molar-refractivity contribution >= 4 is 5.97 Å². The van der Waals surface area contributed by atoms with Gasteiger partial charge in [-0.3, -0.25) is 0 Å². The quantitative estimate of drug-likeness (QED) is 0.171. The maximum atomic E-state index is 13.1. The topological polar surface area (TPSA) is 119 Å². The molecule has 236 valence electrons. The Balaban J connectivity index is 1.02. The molecule has 2 aromatic heterocycles. The lowest BCUT2D eigenvalue weighted by atomic mass is 9.66. The summed E-state index contributed by atoms with van der Waals surface area (Å²) < 4.78 is 72.3. The van der Waals surface area contributed by atoms with E-state index in [4.69, 9.17) is 23.3 Å². The number of rotatable bonds is 10. The number of aromatic nitrogens is 3. The summed E-state index contributed by atoms with van der Waals surface area (Å²) in [6.07, 6.45) is -0.0108. The van der Waals surface area contributed by atoms with E-state index in [0.29, 0.717) is 65.9 Å². The summed E-state index contributed by atoms with van der Waals surface area (Å²) in [5.74, 6) is 0.893. The second-order valence-corrected chi connectivity index (χ2v) is 12.0. The molecule has 2 aliphatic carbocycles. The van der Waals surface area contributed by atoms with E-state index in [1.54, 1.807) is 30.3 Å². The molecule has 4 aliphatic rings. The lowest BCUT2D eigenvalue weighted by Gasteiger charge is -2.51. The fourth-order valence-electron chi connectivity index (χ4n) is 6.21. The molecule has 13 heteroatoms. The average Bonchev–Trinajstić information content (AvgIpc) is 3.60. The molecule has 2 aromatic carbocycles. The van der Waals surface area contributed by atoms with E-state index in [1.807, 2.05) is 0 Å². The van der Waals surface area contributed by atoms with Crippen LogP contribution in [0.4, 0.5) is 13.2 Å². The third-order valence-corrected chi connectivity index (χ3v) is 8.94. The number of carbonyl (C=O) groups is 1. The first-order valence-corrected chi connectivity index (χ1v) is 14.8. The Morgan fingerprint density at radius 1 is 1.00 bits per heavy atom.